The average Bonchev–Trinajstić information content (AvgIpc) is 3.92. The lowest BCUT2D eigenvalue weighted by molar-refractivity contribution is 0.669. The van der Waals surface area contributed by atoms with E-state index in [0.717, 1.165) is 72.5 Å². The van der Waals surface area contributed by atoms with E-state index in [4.69, 9.17) is 4.42 Å². The number of benzene rings is 11. The van der Waals surface area contributed by atoms with Crippen molar-refractivity contribution in [3.63, 3.8) is 0 Å². The van der Waals surface area contributed by atoms with E-state index in [9.17, 15) is 0 Å². The zero-order valence-electron chi connectivity index (χ0n) is 35.4. The molecule has 0 spiro atoms. The number of para-hydroxylation sites is 3. The highest BCUT2D eigenvalue weighted by Crippen LogP contribution is 2.46. The van der Waals surface area contributed by atoms with E-state index in [1.165, 1.54) is 48.9 Å². The molecular formula is C62H40N2O. The minimum Gasteiger partial charge on any atom is -0.456 e. The van der Waals surface area contributed by atoms with Crippen molar-refractivity contribution in [2.45, 2.75) is 0 Å². The number of nitrogens with zero attached hydrogens (tertiary/aromatic N) is 2. The monoisotopic (exact) mass is 828 g/mol. The molecule has 0 aliphatic heterocycles. The highest BCUT2D eigenvalue weighted by molar-refractivity contribution is 6.14. The predicted octanol–water partition coefficient (Wildman–Crippen LogP) is 17.5. The fraction of sp³-hybridized carbons (Fsp3) is 0. The molecule has 304 valence electrons. The lowest BCUT2D eigenvalue weighted by Crippen LogP contribution is -2.12. The van der Waals surface area contributed by atoms with E-state index in [1.54, 1.807) is 0 Å². The summed E-state index contributed by atoms with van der Waals surface area (Å²) in [5, 5.41) is 9.71. The first-order valence-electron chi connectivity index (χ1n) is 22.2. The molecule has 0 aliphatic rings. The Morgan fingerprint density at radius 2 is 0.923 bits per heavy atom. The molecule has 65 heavy (non-hydrogen) atoms. The molecule has 0 radical (unpaired) electrons. The third-order valence-corrected chi connectivity index (χ3v) is 13.2. The second-order valence-electron chi connectivity index (χ2n) is 16.9. The van der Waals surface area contributed by atoms with Crippen LogP contribution >= 0.6 is 0 Å². The van der Waals surface area contributed by atoms with Gasteiger partial charge in [-0.25, -0.2) is 0 Å². The summed E-state index contributed by atoms with van der Waals surface area (Å²) in [4.78, 5) is 2.44. The second kappa shape index (κ2) is 15.0. The van der Waals surface area contributed by atoms with Gasteiger partial charge in [0.2, 0.25) is 0 Å². The van der Waals surface area contributed by atoms with Crippen molar-refractivity contribution in [3.05, 3.63) is 243 Å². The van der Waals surface area contributed by atoms with Gasteiger partial charge in [-0.2, -0.15) is 0 Å². The number of furan rings is 1. The van der Waals surface area contributed by atoms with Crippen LogP contribution in [-0.2, 0) is 0 Å². The standard InChI is InChI=1S/C62H40N2O/c1-2-15-42(16-3-1)50-35-32-45(57-37-44-17-4-5-20-49(44)51-21-6-7-22-52(51)57)38-60(50)63(46-33-29-41(30-34-46)43-31-36-56-55-25-10-13-28-61(55)65-62(56)39-43)47-18-14-19-48(40-47)64-58-26-11-8-23-53(58)54-24-9-12-27-59(54)64/h1-40H. The van der Waals surface area contributed by atoms with Crippen LogP contribution in [0.25, 0.3) is 104 Å². The first kappa shape index (κ1) is 36.9. The van der Waals surface area contributed by atoms with Crippen molar-refractivity contribution in [2.75, 3.05) is 4.90 Å². The van der Waals surface area contributed by atoms with E-state index in [-0.39, 0.29) is 0 Å². The van der Waals surface area contributed by atoms with E-state index < -0.39 is 0 Å². The molecule has 2 heterocycles. The highest BCUT2D eigenvalue weighted by atomic mass is 16.3. The molecule has 3 heteroatoms. The molecule has 2 aromatic heterocycles. The lowest BCUT2D eigenvalue weighted by Gasteiger charge is -2.29. The maximum atomic E-state index is 6.33. The van der Waals surface area contributed by atoms with Crippen LogP contribution in [-0.4, -0.2) is 4.57 Å². The SMILES string of the molecule is c1ccc(-c2ccc(-c3cc4ccccc4c4ccccc34)cc2N(c2ccc(-c3ccc4c(c3)oc3ccccc34)cc2)c2cccc(-n3c4ccccc4c4ccccc43)c2)cc1. The van der Waals surface area contributed by atoms with Gasteiger partial charge in [-0.3, -0.25) is 0 Å². The number of fused-ring (bicyclic) bond motifs is 9. The van der Waals surface area contributed by atoms with Crippen molar-refractivity contribution in [1.29, 1.82) is 0 Å². The molecule has 0 unspecified atom stereocenters. The van der Waals surface area contributed by atoms with Gasteiger partial charge >= 0.3 is 0 Å². The topological polar surface area (TPSA) is 21.3 Å². The van der Waals surface area contributed by atoms with Gasteiger partial charge in [-0.05, 0) is 122 Å². The maximum Gasteiger partial charge on any atom is 0.136 e. The Labute approximate surface area is 376 Å². The van der Waals surface area contributed by atoms with Crippen molar-refractivity contribution < 1.29 is 4.42 Å². The first-order valence-corrected chi connectivity index (χ1v) is 22.2. The minimum absolute atomic E-state index is 0.891. The van der Waals surface area contributed by atoms with E-state index >= 15 is 0 Å². The molecule has 0 atom stereocenters. The number of aromatic nitrogens is 1. The molecule has 0 saturated heterocycles. The van der Waals surface area contributed by atoms with E-state index in [0.29, 0.717) is 0 Å². The quantitative estimate of drug-likeness (QED) is 0.149. The summed E-state index contributed by atoms with van der Waals surface area (Å²) in [6.45, 7) is 0. The third-order valence-electron chi connectivity index (χ3n) is 13.2. The summed E-state index contributed by atoms with van der Waals surface area (Å²) < 4.78 is 8.73. The summed E-state index contributed by atoms with van der Waals surface area (Å²) in [5.74, 6) is 0. The van der Waals surface area contributed by atoms with Crippen molar-refractivity contribution in [1.82, 2.24) is 4.57 Å². The lowest BCUT2D eigenvalue weighted by atomic mass is 9.91. The molecule has 3 nitrogen and oxygen atoms in total. The van der Waals surface area contributed by atoms with Crippen LogP contribution in [0.1, 0.15) is 0 Å². The van der Waals surface area contributed by atoms with Crippen molar-refractivity contribution in [2.24, 2.45) is 0 Å². The third kappa shape index (κ3) is 6.12. The average molecular weight is 829 g/mol. The van der Waals surface area contributed by atoms with Crippen LogP contribution in [0.15, 0.2) is 247 Å². The molecule has 11 aromatic carbocycles. The Bertz CT molecular complexity index is 3900. The largest absolute Gasteiger partial charge is 0.456 e. The molecule has 0 aliphatic carbocycles. The molecule has 0 N–H and O–H groups in total. The molecular weight excluding hydrogens is 789 g/mol. The second-order valence-corrected chi connectivity index (χ2v) is 16.9. The summed E-state index contributed by atoms with van der Waals surface area (Å²) in [5.41, 5.74) is 15.3. The normalized spacial score (nSPS) is 11.7. The molecule has 13 aromatic rings. The van der Waals surface area contributed by atoms with Crippen molar-refractivity contribution >= 4 is 82.4 Å². The van der Waals surface area contributed by atoms with Gasteiger partial charge in [0.1, 0.15) is 11.2 Å². The zero-order chi connectivity index (χ0) is 42.8. The van der Waals surface area contributed by atoms with E-state index in [1.807, 2.05) is 12.1 Å². The smallest absolute Gasteiger partial charge is 0.136 e. The molecule has 0 amide bonds. The summed E-state index contributed by atoms with van der Waals surface area (Å²) >= 11 is 0. The van der Waals surface area contributed by atoms with Gasteiger partial charge < -0.3 is 13.9 Å². The van der Waals surface area contributed by atoms with Gasteiger partial charge in [0.25, 0.3) is 0 Å². The van der Waals surface area contributed by atoms with Gasteiger partial charge in [-0.15, -0.1) is 0 Å². The predicted molar refractivity (Wildman–Crippen MR) is 274 cm³/mol. The molecule has 0 saturated carbocycles. The molecule has 0 fully saturated rings. The van der Waals surface area contributed by atoms with Crippen LogP contribution in [0.2, 0.25) is 0 Å². The number of anilines is 3. The number of rotatable bonds is 7. The van der Waals surface area contributed by atoms with Crippen LogP contribution in [0.5, 0.6) is 0 Å². The summed E-state index contributed by atoms with van der Waals surface area (Å²) in [6, 6.07) is 88.0. The Morgan fingerprint density at radius 1 is 0.308 bits per heavy atom. The Morgan fingerprint density at radius 3 is 1.71 bits per heavy atom. The minimum atomic E-state index is 0.891. The van der Waals surface area contributed by atoms with Gasteiger partial charge in [-0.1, -0.05) is 170 Å². The Balaban J connectivity index is 1.04. The van der Waals surface area contributed by atoms with E-state index in [2.05, 4.69) is 240 Å². The maximum absolute atomic E-state index is 6.33. The highest BCUT2D eigenvalue weighted by Gasteiger charge is 2.22. The van der Waals surface area contributed by atoms with Crippen LogP contribution in [0.4, 0.5) is 17.1 Å². The van der Waals surface area contributed by atoms with Gasteiger partial charge in [0.05, 0.1) is 16.7 Å². The zero-order valence-corrected chi connectivity index (χ0v) is 35.4. The first-order chi connectivity index (χ1) is 32.2. The van der Waals surface area contributed by atoms with Gasteiger partial charge in [0.15, 0.2) is 0 Å². The molecule has 0 bridgehead atoms. The number of hydrogen-bond donors (Lipinski definition) is 0. The summed E-state index contributed by atoms with van der Waals surface area (Å²) in [6.07, 6.45) is 0. The Kier molecular flexibility index (Phi) is 8.53. The summed E-state index contributed by atoms with van der Waals surface area (Å²) in [7, 11) is 0. The van der Waals surface area contributed by atoms with Crippen molar-refractivity contribution in [3.8, 4) is 39.1 Å². The van der Waals surface area contributed by atoms with Crippen LogP contribution in [0, 0.1) is 0 Å². The van der Waals surface area contributed by atoms with Crippen LogP contribution in [0.3, 0.4) is 0 Å². The fourth-order valence-corrected chi connectivity index (χ4v) is 10.1. The number of hydrogen-bond acceptors (Lipinski definition) is 2. The molecule has 13 rings (SSSR count). The van der Waals surface area contributed by atoms with Crippen LogP contribution < -0.4 is 4.90 Å². The Hall–Kier alpha value is -8.66. The fourth-order valence-electron chi connectivity index (χ4n) is 10.1. The van der Waals surface area contributed by atoms with Gasteiger partial charge in [0, 0.05) is 44.2 Å².